The number of hydrogen-bond acceptors (Lipinski definition) is 1. The van der Waals surface area contributed by atoms with Crippen LogP contribution in [0.25, 0.3) is 0 Å². The van der Waals surface area contributed by atoms with Crippen LogP contribution in [-0.4, -0.2) is 6.54 Å². The van der Waals surface area contributed by atoms with E-state index in [1.165, 1.54) is 23.1 Å². The van der Waals surface area contributed by atoms with Crippen LogP contribution in [0.4, 0.5) is 0 Å². The fourth-order valence-corrected chi connectivity index (χ4v) is 2.34. The monoisotopic (exact) mass is 233 g/mol. The summed E-state index contributed by atoms with van der Waals surface area (Å²) in [6, 6.07) is 6.91. The van der Waals surface area contributed by atoms with Crippen molar-refractivity contribution in [2.45, 2.75) is 58.8 Å². The van der Waals surface area contributed by atoms with E-state index < -0.39 is 0 Å². The second-order valence-corrected chi connectivity index (χ2v) is 6.16. The molecule has 0 radical (unpaired) electrons. The van der Waals surface area contributed by atoms with Gasteiger partial charge < -0.3 is 5.73 Å². The summed E-state index contributed by atoms with van der Waals surface area (Å²) in [6.45, 7) is 12.1. The summed E-state index contributed by atoms with van der Waals surface area (Å²) >= 11 is 0. The fraction of sp³-hybridized carbons (Fsp3) is 0.625. The van der Waals surface area contributed by atoms with Gasteiger partial charge in [-0.3, -0.25) is 0 Å². The van der Waals surface area contributed by atoms with E-state index in [0.717, 1.165) is 13.0 Å². The summed E-state index contributed by atoms with van der Waals surface area (Å²) in [5.74, 6) is 0.611. The summed E-state index contributed by atoms with van der Waals surface area (Å²) < 4.78 is 0. The van der Waals surface area contributed by atoms with Gasteiger partial charge in [-0.2, -0.15) is 0 Å². The van der Waals surface area contributed by atoms with Gasteiger partial charge in [0.15, 0.2) is 0 Å². The van der Waals surface area contributed by atoms with E-state index in [1.807, 2.05) is 0 Å². The van der Waals surface area contributed by atoms with E-state index in [2.05, 4.69) is 52.8 Å². The molecule has 0 saturated carbocycles. The summed E-state index contributed by atoms with van der Waals surface area (Å²) in [6.07, 6.45) is 2.29. The Balaban J connectivity index is 2.96. The molecule has 1 aromatic rings. The van der Waals surface area contributed by atoms with Gasteiger partial charge in [0.2, 0.25) is 0 Å². The molecule has 17 heavy (non-hydrogen) atoms. The topological polar surface area (TPSA) is 26.0 Å². The molecule has 1 nitrogen and oxygen atoms in total. The molecule has 0 fully saturated rings. The minimum atomic E-state index is 0.230. The normalized spacial score (nSPS) is 13.8. The van der Waals surface area contributed by atoms with Gasteiger partial charge in [0.1, 0.15) is 0 Å². The Bertz CT molecular complexity index is 360. The first-order valence-corrected chi connectivity index (χ1v) is 6.67. The van der Waals surface area contributed by atoms with E-state index in [4.69, 9.17) is 5.73 Å². The van der Waals surface area contributed by atoms with E-state index in [9.17, 15) is 0 Å². The molecule has 0 spiro atoms. The van der Waals surface area contributed by atoms with Crippen molar-refractivity contribution in [2.24, 2.45) is 5.73 Å². The Hall–Kier alpha value is -0.820. The molecule has 2 N–H and O–H groups in total. The number of rotatable bonds is 4. The zero-order valence-corrected chi connectivity index (χ0v) is 12.0. The molecule has 1 heteroatoms. The van der Waals surface area contributed by atoms with Crippen LogP contribution in [0, 0.1) is 6.92 Å². The maximum absolute atomic E-state index is 5.58. The molecule has 0 aliphatic heterocycles. The highest BCUT2D eigenvalue weighted by Gasteiger charge is 2.17. The van der Waals surface area contributed by atoms with Crippen LogP contribution in [0.2, 0.25) is 0 Å². The third-order valence-corrected chi connectivity index (χ3v) is 3.48. The van der Waals surface area contributed by atoms with Crippen LogP contribution in [0.15, 0.2) is 18.2 Å². The number of nitrogens with two attached hydrogens (primary N) is 1. The first-order valence-electron chi connectivity index (χ1n) is 6.67. The first-order chi connectivity index (χ1) is 7.86. The van der Waals surface area contributed by atoms with Crippen LogP contribution in [0.3, 0.4) is 0 Å². The van der Waals surface area contributed by atoms with Gasteiger partial charge in [0.25, 0.3) is 0 Å². The van der Waals surface area contributed by atoms with Crippen LogP contribution >= 0.6 is 0 Å². The Morgan fingerprint density at radius 2 is 1.88 bits per heavy atom. The van der Waals surface area contributed by atoms with Gasteiger partial charge in [-0.25, -0.2) is 0 Å². The van der Waals surface area contributed by atoms with Crippen molar-refractivity contribution in [3.05, 3.63) is 34.9 Å². The van der Waals surface area contributed by atoms with E-state index >= 15 is 0 Å². The maximum atomic E-state index is 5.58. The van der Waals surface area contributed by atoms with Crippen LogP contribution in [0.5, 0.6) is 0 Å². The second-order valence-electron chi connectivity index (χ2n) is 6.16. The summed E-state index contributed by atoms with van der Waals surface area (Å²) in [5.41, 5.74) is 10.1. The summed E-state index contributed by atoms with van der Waals surface area (Å²) in [5, 5.41) is 0. The predicted molar refractivity (Wildman–Crippen MR) is 76.6 cm³/mol. The van der Waals surface area contributed by atoms with Crippen LogP contribution < -0.4 is 5.73 Å². The van der Waals surface area contributed by atoms with Crippen molar-refractivity contribution in [3.8, 4) is 0 Å². The molecule has 0 aromatic heterocycles. The van der Waals surface area contributed by atoms with Crippen molar-refractivity contribution < 1.29 is 0 Å². The van der Waals surface area contributed by atoms with Gasteiger partial charge in [0.05, 0.1) is 0 Å². The summed E-state index contributed by atoms with van der Waals surface area (Å²) in [4.78, 5) is 0. The lowest BCUT2D eigenvalue weighted by molar-refractivity contribution is 0.581. The SMILES string of the molecule is Cc1ccc(C(C)CCCN)cc1C(C)(C)C. The molecule has 0 aliphatic carbocycles. The molecule has 96 valence electrons. The lowest BCUT2D eigenvalue weighted by Crippen LogP contribution is -2.14. The highest BCUT2D eigenvalue weighted by atomic mass is 14.5. The van der Waals surface area contributed by atoms with Gasteiger partial charge in [-0.15, -0.1) is 0 Å². The zero-order valence-electron chi connectivity index (χ0n) is 12.0. The maximum Gasteiger partial charge on any atom is -0.00771 e. The molecule has 0 amide bonds. The molecule has 0 aliphatic rings. The average molecular weight is 233 g/mol. The standard InChI is InChI=1S/C16H27N/c1-12(7-6-10-17)14-9-8-13(2)15(11-14)16(3,4)5/h8-9,11-12H,6-7,10,17H2,1-5H3. The van der Waals surface area contributed by atoms with Gasteiger partial charge in [0, 0.05) is 0 Å². The lowest BCUT2D eigenvalue weighted by Gasteiger charge is -2.24. The quantitative estimate of drug-likeness (QED) is 0.831. The second kappa shape index (κ2) is 5.68. The van der Waals surface area contributed by atoms with Crippen LogP contribution in [0.1, 0.15) is 63.1 Å². The average Bonchev–Trinajstić information content (AvgIpc) is 2.25. The van der Waals surface area contributed by atoms with E-state index in [1.54, 1.807) is 0 Å². The first kappa shape index (κ1) is 14.2. The predicted octanol–water partition coefficient (Wildman–Crippen LogP) is 4.13. The molecule has 0 bridgehead atoms. The molecule has 1 rings (SSSR count). The summed E-state index contributed by atoms with van der Waals surface area (Å²) in [7, 11) is 0. The third kappa shape index (κ3) is 3.85. The van der Waals surface area contributed by atoms with Crippen molar-refractivity contribution in [2.75, 3.05) is 6.54 Å². The number of hydrogen-bond donors (Lipinski definition) is 1. The van der Waals surface area contributed by atoms with Crippen LogP contribution in [-0.2, 0) is 5.41 Å². The van der Waals surface area contributed by atoms with E-state index in [0.29, 0.717) is 5.92 Å². The van der Waals surface area contributed by atoms with Crippen molar-refractivity contribution in [1.82, 2.24) is 0 Å². The Labute approximate surface area is 106 Å². The molecule has 1 atom stereocenters. The highest BCUT2D eigenvalue weighted by molar-refractivity contribution is 5.37. The molecule has 0 heterocycles. The highest BCUT2D eigenvalue weighted by Crippen LogP contribution is 2.30. The smallest absolute Gasteiger partial charge is 0.00771 e. The Kier molecular flexibility index (Phi) is 4.76. The number of benzene rings is 1. The minimum absolute atomic E-state index is 0.230. The van der Waals surface area contributed by atoms with Gasteiger partial charge >= 0.3 is 0 Å². The Morgan fingerprint density at radius 3 is 2.41 bits per heavy atom. The van der Waals surface area contributed by atoms with Crippen molar-refractivity contribution in [1.29, 1.82) is 0 Å². The number of aryl methyl sites for hydroxylation is 1. The molecule has 1 aromatic carbocycles. The van der Waals surface area contributed by atoms with Gasteiger partial charge in [-0.1, -0.05) is 45.9 Å². The van der Waals surface area contributed by atoms with Crippen molar-refractivity contribution >= 4 is 0 Å². The van der Waals surface area contributed by atoms with Gasteiger partial charge in [-0.05, 0) is 54.3 Å². The molecule has 0 saturated heterocycles. The third-order valence-electron chi connectivity index (χ3n) is 3.48. The largest absolute Gasteiger partial charge is 0.330 e. The minimum Gasteiger partial charge on any atom is -0.330 e. The van der Waals surface area contributed by atoms with E-state index in [-0.39, 0.29) is 5.41 Å². The fourth-order valence-electron chi connectivity index (χ4n) is 2.34. The molecule has 1 unspecified atom stereocenters. The zero-order chi connectivity index (χ0) is 13.1. The Morgan fingerprint density at radius 1 is 1.24 bits per heavy atom. The lowest BCUT2D eigenvalue weighted by atomic mass is 9.81. The molecular formula is C16H27N. The molecular weight excluding hydrogens is 206 g/mol. The van der Waals surface area contributed by atoms with Crippen molar-refractivity contribution in [3.63, 3.8) is 0 Å².